The number of thiazole rings is 1. The minimum atomic E-state index is 0.615. The van der Waals surface area contributed by atoms with Crippen LogP contribution < -0.4 is 10.6 Å². The van der Waals surface area contributed by atoms with E-state index in [1.165, 1.54) is 0 Å². The fraction of sp³-hybridized carbons (Fsp3) is 0.600. The van der Waals surface area contributed by atoms with E-state index in [-0.39, 0.29) is 0 Å². The molecule has 3 nitrogen and oxygen atoms in total. The van der Waals surface area contributed by atoms with Crippen molar-refractivity contribution in [1.29, 1.82) is 0 Å². The summed E-state index contributed by atoms with van der Waals surface area (Å²) in [5, 5.41) is 10.2. The fourth-order valence-corrected chi connectivity index (χ4v) is 1.82. The van der Waals surface area contributed by atoms with Crippen LogP contribution in [-0.4, -0.2) is 23.2 Å². The lowest BCUT2D eigenvalue weighted by molar-refractivity contribution is 0.619. The highest BCUT2D eigenvalue weighted by atomic mass is 32.1. The Morgan fingerprint density at radius 3 is 2.93 bits per heavy atom. The number of aromatic nitrogens is 1. The van der Waals surface area contributed by atoms with Crippen LogP contribution in [0.2, 0.25) is 0 Å². The molecule has 0 unspecified atom stereocenters. The Morgan fingerprint density at radius 2 is 2.33 bits per heavy atom. The van der Waals surface area contributed by atoms with Gasteiger partial charge >= 0.3 is 0 Å². The fourth-order valence-electron chi connectivity index (χ4n) is 1.02. The van der Waals surface area contributed by atoms with Crippen molar-refractivity contribution < 1.29 is 0 Å². The lowest BCUT2D eigenvalue weighted by Crippen LogP contribution is -2.38. The van der Waals surface area contributed by atoms with Gasteiger partial charge in [-0.3, -0.25) is 0 Å². The summed E-state index contributed by atoms with van der Waals surface area (Å²) in [6, 6.07) is 0. The highest BCUT2D eigenvalue weighted by Crippen LogP contribution is 2.03. The molecule has 0 aliphatic heterocycles. The number of hydrogen-bond acceptors (Lipinski definition) is 3. The van der Waals surface area contributed by atoms with E-state index in [2.05, 4.69) is 29.5 Å². The third-order valence-electron chi connectivity index (χ3n) is 1.78. The van der Waals surface area contributed by atoms with Crippen molar-refractivity contribution in [3.8, 4) is 0 Å². The summed E-state index contributed by atoms with van der Waals surface area (Å²) in [5.74, 6) is 0.615. The first-order valence-corrected chi connectivity index (χ1v) is 6.37. The van der Waals surface area contributed by atoms with E-state index in [0.29, 0.717) is 5.92 Å². The van der Waals surface area contributed by atoms with E-state index in [0.717, 1.165) is 29.6 Å². The molecule has 0 spiro atoms. The van der Waals surface area contributed by atoms with Gasteiger partial charge in [0.2, 0.25) is 0 Å². The summed E-state index contributed by atoms with van der Waals surface area (Å²) >= 11 is 6.81. The lowest BCUT2D eigenvalue weighted by atomic mass is 10.2. The van der Waals surface area contributed by atoms with Crippen molar-refractivity contribution in [3.05, 3.63) is 16.6 Å². The van der Waals surface area contributed by atoms with E-state index < -0.39 is 0 Å². The topological polar surface area (TPSA) is 37.0 Å². The molecule has 0 amide bonds. The minimum absolute atomic E-state index is 0.615. The molecule has 0 bridgehead atoms. The average Bonchev–Trinajstić information content (AvgIpc) is 2.67. The molecule has 84 valence electrons. The Morgan fingerprint density at radius 1 is 1.53 bits per heavy atom. The summed E-state index contributed by atoms with van der Waals surface area (Å²) in [6.07, 6.45) is 2.76. The quantitative estimate of drug-likeness (QED) is 0.773. The molecule has 1 aromatic rings. The Hall–Kier alpha value is -0.680. The first-order valence-electron chi connectivity index (χ1n) is 5.08. The molecule has 1 rings (SSSR count). The Labute approximate surface area is 100 Å². The minimum Gasteiger partial charge on any atom is -0.362 e. The highest BCUT2D eigenvalue weighted by Gasteiger charge is 1.98. The number of nitrogens with zero attached hydrogens (tertiary/aromatic N) is 1. The Balaban J connectivity index is 2.07. The zero-order valence-corrected chi connectivity index (χ0v) is 10.8. The first-order chi connectivity index (χ1) is 7.18. The lowest BCUT2D eigenvalue weighted by Gasteiger charge is -2.11. The van der Waals surface area contributed by atoms with Crippen LogP contribution in [0, 0.1) is 5.92 Å². The van der Waals surface area contributed by atoms with Crippen LogP contribution in [0.25, 0.3) is 0 Å². The van der Waals surface area contributed by atoms with Crippen LogP contribution in [0.5, 0.6) is 0 Å². The molecule has 0 saturated heterocycles. The molecule has 1 aromatic heterocycles. The van der Waals surface area contributed by atoms with Gasteiger partial charge < -0.3 is 10.6 Å². The Bertz CT molecular complexity index is 283. The van der Waals surface area contributed by atoms with Gasteiger partial charge in [-0.05, 0) is 18.1 Å². The van der Waals surface area contributed by atoms with Crippen molar-refractivity contribution in [2.75, 3.05) is 13.1 Å². The highest BCUT2D eigenvalue weighted by molar-refractivity contribution is 7.80. The molecule has 15 heavy (non-hydrogen) atoms. The normalized spacial score (nSPS) is 10.3. The van der Waals surface area contributed by atoms with Crippen LogP contribution in [-0.2, 0) is 6.42 Å². The second kappa shape index (κ2) is 6.74. The Kier molecular flexibility index (Phi) is 5.57. The van der Waals surface area contributed by atoms with E-state index in [1.54, 1.807) is 11.3 Å². The van der Waals surface area contributed by atoms with Crippen LogP contribution in [0.1, 0.15) is 18.9 Å². The second-order valence-electron chi connectivity index (χ2n) is 3.71. The van der Waals surface area contributed by atoms with E-state index in [4.69, 9.17) is 12.2 Å². The zero-order valence-electron chi connectivity index (χ0n) is 9.12. The predicted molar refractivity (Wildman–Crippen MR) is 69.3 cm³/mol. The van der Waals surface area contributed by atoms with Gasteiger partial charge in [0.1, 0.15) is 0 Å². The van der Waals surface area contributed by atoms with Crippen LogP contribution in [0.3, 0.4) is 0 Å². The van der Waals surface area contributed by atoms with Gasteiger partial charge in [-0.25, -0.2) is 4.98 Å². The summed E-state index contributed by atoms with van der Waals surface area (Å²) in [6.45, 7) is 6.08. The largest absolute Gasteiger partial charge is 0.362 e. The number of rotatable bonds is 5. The molecule has 0 saturated carbocycles. The van der Waals surface area contributed by atoms with Gasteiger partial charge in [-0.1, -0.05) is 13.8 Å². The third-order valence-corrected chi connectivity index (χ3v) is 2.91. The molecular formula is C10H17N3S2. The van der Waals surface area contributed by atoms with Crippen molar-refractivity contribution in [2.24, 2.45) is 5.92 Å². The van der Waals surface area contributed by atoms with Crippen LogP contribution in [0.15, 0.2) is 11.6 Å². The average molecular weight is 243 g/mol. The molecular weight excluding hydrogens is 226 g/mol. The van der Waals surface area contributed by atoms with Crippen LogP contribution >= 0.6 is 23.6 Å². The zero-order chi connectivity index (χ0) is 11.1. The van der Waals surface area contributed by atoms with E-state index in [1.807, 2.05) is 11.6 Å². The smallest absolute Gasteiger partial charge is 0.166 e. The summed E-state index contributed by atoms with van der Waals surface area (Å²) < 4.78 is 0. The van der Waals surface area contributed by atoms with Crippen molar-refractivity contribution >= 4 is 28.7 Å². The molecule has 0 fully saturated rings. The molecule has 1 heterocycles. The second-order valence-corrected chi connectivity index (χ2v) is 5.09. The molecule has 0 aliphatic rings. The SMILES string of the molecule is CC(C)CNC(=S)NCCc1nccs1. The molecule has 0 aromatic carbocycles. The number of nitrogens with one attached hydrogen (secondary N) is 2. The first kappa shape index (κ1) is 12.4. The number of hydrogen-bond donors (Lipinski definition) is 2. The molecule has 2 N–H and O–H groups in total. The molecule has 0 radical (unpaired) electrons. The maximum atomic E-state index is 5.13. The maximum Gasteiger partial charge on any atom is 0.166 e. The van der Waals surface area contributed by atoms with Crippen LogP contribution in [0.4, 0.5) is 0 Å². The van der Waals surface area contributed by atoms with Crippen molar-refractivity contribution in [2.45, 2.75) is 20.3 Å². The molecule has 0 aliphatic carbocycles. The van der Waals surface area contributed by atoms with Gasteiger partial charge in [-0.2, -0.15) is 0 Å². The maximum absolute atomic E-state index is 5.13. The summed E-state index contributed by atoms with van der Waals surface area (Å²) in [4.78, 5) is 4.20. The number of thiocarbonyl (C=S) groups is 1. The molecule has 0 atom stereocenters. The van der Waals surface area contributed by atoms with Gasteiger partial charge in [-0.15, -0.1) is 11.3 Å². The predicted octanol–water partition coefficient (Wildman–Crippen LogP) is 1.81. The van der Waals surface area contributed by atoms with Gasteiger partial charge in [0.05, 0.1) is 5.01 Å². The molecule has 5 heteroatoms. The van der Waals surface area contributed by atoms with E-state index in [9.17, 15) is 0 Å². The monoisotopic (exact) mass is 243 g/mol. The van der Waals surface area contributed by atoms with Gasteiger partial charge in [0.15, 0.2) is 5.11 Å². The van der Waals surface area contributed by atoms with Crippen molar-refractivity contribution in [1.82, 2.24) is 15.6 Å². The van der Waals surface area contributed by atoms with Gasteiger partial charge in [0, 0.05) is 31.1 Å². The third kappa shape index (κ3) is 5.69. The standard InChI is InChI=1S/C10H17N3S2/c1-8(2)7-13-10(14)12-4-3-9-11-5-6-15-9/h5-6,8H,3-4,7H2,1-2H3,(H2,12,13,14). The van der Waals surface area contributed by atoms with E-state index >= 15 is 0 Å². The summed E-state index contributed by atoms with van der Waals surface area (Å²) in [5.41, 5.74) is 0. The van der Waals surface area contributed by atoms with Crippen molar-refractivity contribution in [3.63, 3.8) is 0 Å². The van der Waals surface area contributed by atoms with Gasteiger partial charge in [0.25, 0.3) is 0 Å². The summed E-state index contributed by atoms with van der Waals surface area (Å²) in [7, 11) is 0.